The van der Waals surface area contributed by atoms with Crippen molar-refractivity contribution in [2.75, 3.05) is 65.3 Å². The maximum absolute atomic E-state index is 13.9. The first-order chi connectivity index (χ1) is 24.5. The molecular formula is C36H51N5O12. The summed E-state index contributed by atoms with van der Waals surface area (Å²) in [6.07, 6.45) is 0.0149. The van der Waals surface area contributed by atoms with E-state index in [1.54, 1.807) is 44.1 Å². The van der Waals surface area contributed by atoms with Gasteiger partial charge in [-0.05, 0) is 65.3 Å². The number of nitrogens with one attached hydrogen (secondary N) is 3. The second kappa shape index (κ2) is 14.0. The van der Waals surface area contributed by atoms with Gasteiger partial charge in [0.1, 0.15) is 17.1 Å². The van der Waals surface area contributed by atoms with Gasteiger partial charge in [0.15, 0.2) is 11.4 Å². The molecule has 1 heterocycles. The summed E-state index contributed by atoms with van der Waals surface area (Å²) >= 11 is 0. The number of hydrogen-bond acceptors (Lipinski definition) is 15. The Hall–Kier alpha value is -4.10. The van der Waals surface area contributed by atoms with Crippen LogP contribution in [0.1, 0.15) is 52.2 Å². The van der Waals surface area contributed by atoms with Crippen LogP contribution in [0, 0.1) is 11.8 Å². The summed E-state index contributed by atoms with van der Waals surface area (Å²) in [5.74, 6) is -12.1. The van der Waals surface area contributed by atoms with Crippen LogP contribution < -0.4 is 25.6 Å². The summed E-state index contributed by atoms with van der Waals surface area (Å²) in [5, 5.41) is 58.3. The number of nitrogens with zero attached hydrogens (tertiary/aromatic N) is 2. The van der Waals surface area contributed by atoms with E-state index in [0.717, 1.165) is 13.8 Å². The van der Waals surface area contributed by atoms with Crippen molar-refractivity contribution in [3.63, 3.8) is 0 Å². The molecular weight excluding hydrogens is 694 g/mol. The lowest BCUT2D eigenvalue weighted by Gasteiger charge is -2.58. The number of fused-ring (bicyclic) bond motifs is 4. The molecule has 292 valence electrons. The summed E-state index contributed by atoms with van der Waals surface area (Å²) in [4.78, 5) is 55.1. The minimum atomic E-state index is -3.04. The fourth-order valence-corrected chi connectivity index (χ4v) is 8.26. The topological polar surface area (TPSA) is 229 Å². The molecule has 7 N–H and O–H groups in total. The molecule has 1 aliphatic heterocycles. The fraction of sp³-hybridized carbons (Fsp3) is 0.611. The third-order valence-corrected chi connectivity index (χ3v) is 10.1. The zero-order chi connectivity index (χ0) is 39.6. The number of carbonyl (C=O) groups is 4. The van der Waals surface area contributed by atoms with Crippen LogP contribution >= 0.6 is 0 Å². The molecule has 4 aliphatic rings. The van der Waals surface area contributed by atoms with Crippen LogP contribution in [0.5, 0.6) is 5.75 Å². The van der Waals surface area contributed by atoms with Crippen molar-refractivity contribution < 1.29 is 58.6 Å². The predicted octanol–water partition coefficient (Wildman–Crippen LogP) is 0.127. The average molecular weight is 746 g/mol. The Morgan fingerprint density at radius 1 is 1.04 bits per heavy atom. The largest absolute Gasteiger partial charge is 0.509 e. The Bertz CT molecular complexity index is 1770. The lowest BCUT2D eigenvalue weighted by atomic mass is 9.56. The highest BCUT2D eigenvalue weighted by atomic mass is 16.8. The number of amides is 3. The molecule has 53 heavy (non-hydrogen) atoms. The van der Waals surface area contributed by atoms with E-state index in [1.165, 1.54) is 7.11 Å². The zero-order valence-electron chi connectivity index (χ0n) is 31.8. The first kappa shape index (κ1) is 40.1. The van der Waals surface area contributed by atoms with Gasteiger partial charge in [-0.25, -0.2) is 0 Å². The summed E-state index contributed by atoms with van der Waals surface area (Å²) in [6, 6.07) is 0.546. The van der Waals surface area contributed by atoms with Crippen molar-refractivity contribution in [2.45, 2.75) is 76.2 Å². The summed E-state index contributed by atoms with van der Waals surface area (Å²) in [6.45, 7) is 7.45. The van der Waals surface area contributed by atoms with Gasteiger partial charge in [0, 0.05) is 50.7 Å². The number of ether oxygens (including phenoxy) is 4. The maximum Gasteiger partial charge on any atom is 0.307 e. The molecule has 5 rings (SSSR count). The smallest absolute Gasteiger partial charge is 0.307 e. The van der Waals surface area contributed by atoms with Crippen LogP contribution in [0.2, 0.25) is 0 Å². The van der Waals surface area contributed by atoms with E-state index < -0.39 is 75.6 Å². The second-order valence-corrected chi connectivity index (χ2v) is 15.4. The molecule has 0 bridgehead atoms. The highest BCUT2D eigenvalue weighted by Gasteiger charge is 2.74. The van der Waals surface area contributed by atoms with Gasteiger partial charge in [-0.15, -0.1) is 0 Å². The molecule has 3 amide bonds. The number of aliphatic hydroxyl groups excluding tert-OH is 1. The van der Waals surface area contributed by atoms with Gasteiger partial charge in [-0.1, -0.05) is 0 Å². The highest BCUT2D eigenvalue weighted by molar-refractivity contribution is 6.06. The van der Waals surface area contributed by atoms with E-state index in [4.69, 9.17) is 18.9 Å². The Morgan fingerprint density at radius 2 is 1.66 bits per heavy atom. The third kappa shape index (κ3) is 6.57. The fourth-order valence-electron chi connectivity index (χ4n) is 8.26. The molecule has 1 saturated heterocycles. The van der Waals surface area contributed by atoms with Crippen LogP contribution in [0.3, 0.4) is 0 Å². The van der Waals surface area contributed by atoms with Gasteiger partial charge in [-0.2, -0.15) is 0 Å². The van der Waals surface area contributed by atoms with Crippen LogP contribution in [-0.4, -0.2) is 127 Å². The van der Waals surface area contributed by atoms with Crippen molar-refractivity contribution in [3.8, 4) is 5.75 Å². The Morgan fingerprint density at radius 3 is 2.17 bits per heavy atom. The van der Waals surface area contributed by atoms with E-state index in [2.05, 4.69) is 16.0 Å². The standard InChI is InChI=1S/C36H51N5O12/c1-17(42)38-32(46)27-30(53-18(2)43)28(41(8)9)21-14-19-13-20-23(40(6)7)15-22(39-24(44)16-37-33(3,4)5)29(50-10)26(20)35(48,49)25(19)31(45)34(21,47)36(27)51-11-12-52-36/h15,19,21,28,37,45,47-49H,11-14,16H2,1-10H3,(H,39,44)(H,38,42,46)/t19-,21-,28-,34-/m0/s1. The SMILES string of the molecule is COc1c(NC(=O)CNC(C)(C)C)cc(N(C)C)c2c1C(O)(O)C1=C(O)[C@@]3(O)[C@@H](C[C@@H]1C2)[C@H](N(C)C)C(OC(C)=O)=C(C(=O)NC(C)=O)C31OCCO1. The first-order valence-corrected chi connectivity index (χ1v) is 17.3. The molecule has 1 aromatic carbocycles. The summed E-state index contributed by atoms with van der Waals surface area (Å²) in [7, 11) is 8.02. The van der Waals surface area contributed by atoms with Crippen LogP contribution in [0.25, 0.3) is 0 Å². The van der Waals surface area contributed by atoms with E-state index in [0.29, 0.717) is 11.3 Å². The summed E-state index contributed by atoms with van der Waals surface area (Å²) in [5.41, 5.74) is -3.20. The molecule has 1 fully saturated rings. The van der Waals surface area contributed by atoms with Crippen LogP contribution in [0.15, 0.2) is 28.7 Å². The van der Waals surface area contributed by atoms with Gasteiger partial charge >= 0.3 is 5.97 Å². The lowest BCUT2D eigenvalue weighted by Crippen LogP contribution is -2.72. The number of benzene rings is 1. The minimum Gasteiger partial charge on any atom is -0.509 e. The van der Waals surface area contributed by atoms with Crippen molar-refractivity contribution >= 4 is 35.1 Å². The number of methoxy groups -OCH3 is 1. The molecule has 17 nitrogen and oxygen atoms in total. The van der Waals surface area contributed by atoms with E-state index >= 15 is 0 Å². The molecule has 17 heteroatoms. The Kier molecular flexibility index (Phi) is 10.6. The second-order valence-electron chi connectivity index (χ2n) is 15.4. The number of likely N-dealkylation sites (N-methyl/N-ethyl adjacent to an activating group) is 1. The van der Waals surface area contributed by atoms with Crippen molar-refractivity contribution in [1.29, 1.82) is 0 Å². The zero-order valence-corrected chi connectivity index (χ0v) is 31.8. The van der Waals surface area contributed by atoms with Gasteiger partial charge in [0.05, 0.1) is 44.2 Å². The van der Waals surface area contributed by atoms with Crippen molar-refractivity contribution in [1.82, 2.24) is 15.5 Å². The van der Waals surface area contributed by atoms with Crippen molar-refractivity contribution in [2.24, 2.45) is 11.8 Å². The number of carbonyl (C=O) groups excluding carboxylic acids is 4. The van der Waals surface area contributed by atoms with E-state index in [9.17, 15) is 39.6 Å². The molecule has 1 spiro atoms. The quantitative estimate of drug-likeness (QED) is 0.139. The van der Waals surface area contributed by atoms with Crippen LogP contribution in [0.4, 0.5) is 11.4 Å². The van der Waals surface area contributed by atoms with Gasteiger partial charge in [-0.3, -0.25) is 29.4 Å². The van der Waals surface area contributed by atoms with E-state index in [-0.39, 0.29) is 60.9 Å². The van der Waals surface area contributed by atoms with Crippen LogP contribution in [-0.2, 0) is 45.6 Å². The Labute approximate surface area is 307 Å². The minimum absolute atomic E-state index is 0.0651. The Balaban J connectivity index is 1.79. The molecule has 0 unspecified atom stereocenters. The van der Waals surface area contributed by atoms with Gasteiger partial charge in [0.25, 0.3) is 5.91 Å². The number of aliphatic hydroxyl groups is 4. The number of hydrogen-bond donors (Lipinski definition) is 7. The summed E-state index contributed by atoms with van der Waals surface area (Å²) < 4.78 is 23.5. The molecule has 0 saturated carbocycles. The maximum atomic E-state index is 13.9. The molecule has 0 radical (unpaired) electrons. The molecule has 4 atom stereocenters. The first-order valence-electron chi connectivity index (χ1n) is 17.3. The third-order valence-electron chi connectivity index (χ3n) is 10.1. The monoisotopic (exact) mass is 745 g/mol. The highest BCUT2D eigenvalue weighted by Crippen LogP contribution is 2.63. The number of imide groups is 1. The molecule has 3 aliphatic carbocycles. The molecule has 1 aromatic rings. The normalized spacial score (nSPS) is 25.7. The van der Waals surface area contributed by atoms with E-state index in [1.807, 2.05) is 20.8 Å². The predicted molar refractivity (Wildman–Crippen MR) is 189 cm³/mol. The van der Waals surface area contributed by atoms with Crippen molar-refractivity contribution in [3.05, 3.63) is 39.9 Å². The lowest BCUT2D eigenvalue weighted by molar-refractivity contribution is -0.282. The van der Waals surface area contributed by atoms with Gasteiger partial charge < -0.3 is 54.9 Å². The average Bonchev–Trinajstić information content (AvgIpc) is 3.51. The number of esters is 1. The number of anilines is 2. The van der Waals surface area contributed by atoms with Gasteiger partial charge in [0.2, 0.25) is 23.4 Å². The number of rotatable bonds is 8. The molecule has 0 aromatic heterocycles.